The van der Waals surface area contributed by atoms with E-state index in [-0.39, 0.29) is 5.91 Å². The maximum atomic E-state index is 12.8. The minimum atomic E-state index is -0.591. The fraction of sp³-hybridized carbons (Fsp3) is 0.190. The zero-order valence-corrected chi connectivity index (χ0v) is 15.6. The first-order valence-electron chi connectivity index (χ1n) is 8.65. The average molecular weight is 382 g/mol. The Morgan fingerprint density at radius 2 is 2.00 bits per heavy atom. The fourth-order valence-corrected chi connectivity index (χ4v) is 3.26. The quantitative estimate of drug-likeness (QED) is 0.821. The summed E-state index contributed by atoms with van der Waals surface area (Å²) in [6.07, 6.45) is 3.83. The van der Waals surface area contributed by atoms with Crippen LogP contribution >= 0.6 is 11.6 Å². The molecule has 0 spiro atoms. The third kappa shape index (κ3) is 4.83. The SMILES string of the molecule is CC1=NC(=O)NC(c2cccc(Cl)c2)C1C(=O)NCC=Cc1ccccc1. The molecular formula is C21H20ClN3O2. The van der Waals surface area contributed by atoms with E-state index in [4.69, 9.17) is 11.6 Å². The lowest BCUT2D eigenvalue weighted by molar-refractivity contribution is -0.123. The maximum Gasteiger partial charge on any atom is 0.341 e. The van der Waals surface area contributed by atoms with E-state index in [0.717, 1.165) is 11.1 Å². The molecule has 5 nitrogen and oxygen atoms in total. The van der Waals surface area contributed by atoms with Gasteiger partial charge < -0.3 is 10.6 Å². The Kier molecular flexibility index (Phi) is 6.04. The van der Waals surface area contributed by atoms with Gasteiger partial charge in [0.2, 0.25) is 5.91 Å². The molecule has 0 aromatic heterocycles. The summed E-state index contributed by atoms with van der Waals surface area (Å²) in [5.74, 6) is -0.787. The molecule has 6 heteroatoms. The first kappa shape index (κ1) is 18.9. The average Bonchev–Trinajstić information content (AvgIpc) is 2.65. The number of halogens is 1. The standard InChI is InChI=1S/C21H20ClN3O2/c1-14-18(20(26)23-12-6-9-15-7-3-2-4-8-15)19(25-21(27)24-14)16-10-5-11-17(22)13-16/h2-11,13,18-19H,12H2,1H3,(H,23,26)(H,25,27). The molecule has 0 aliphatic carbocycles. The van der Waals surface area contributed by atoms with Gasteiger partial charge in [0, 0.05) is 17.3 Å². The van der Waals surface area contributed by atoms with Crippen LogP contribution in [0.4, 0.5) is 4.79 Å². The Balaban J connectivity index is 1.72. The van der Waals surface area contributed by atoms with Crippen molar-refractivity contribution in [2.24, 2.45) is 10.9 Å². The predicted octanol–water partition coefficient (Wildman–Crippen LogP) is 4.01. The Morgan fingerprint density at radius 1 is 1.22 bits per heavy atom. The predicted molar refractivity (Wildman–Crippen MR) is 108 cm³/mol. The van der Waals surface area contributed by atoms with Crippen molar-refractivity contribution in [3.8, 4) is 0 Å². The van der Waals surface area contributed by atoms with Gasteiger partial charge in [-0.05, 0) is 30.2 Å². The van der Waals surface area contributed by atoms with Gasteiger partial charge in [0.1, 0.15) is 5.92 Å². The van der Waals surface area contributed by atoms with E-state index >= 15 is 0 Å². The number of urea groups is 1. The molecule has 0 bridgehead atoms. The van der Waals surface area contributed by atoms with Crippen molar-refractivity contribution in [1.82, 2.24) is 10.6 Å². The molecule has 3 amide bonds. The highest BCUT2D eigenvalue weighted by Crippen LogP contribution is 2.28. The number of carbonyl (C=O) groups is 2. The number of nitrogens with zero attached hydrogens (tertiary/aromatic N) is 1. The molecule has 138 valence electrons. The minimum absolute atomic E-state index is 0.195. The van der Waals surface area contributed by atoms with Gasteiger partial charge in [0.05, 0.1) is 6.04 Å². The van der Waals surface area contributed by atoms with Crippen LogP contribution in [0.15, 0.2) is 65.7 Å². The second-order valence-electron chi connectivity index (χ2n) is 6.27. The molecule has 0 saturated carbocycles. The monoisotopic (exact) mass is 381 g/mol. The summed E-state index contributed by atoms with van der Waals surface area (Å²) < 4.78 is 0. The van der Waals surface area contributed by atoms with E-state index < -0.39 is 18.0 Å². The van der Waals surface area contributed by atoms with Crippen LogP contribution in [0.5, 0.6) is 0 Å². The molecule has 1 aliphatic heterocycles. The molecule has 2 atom stereocenters. The van der Waals surface area contributed by atoms with Crippen LogP contribution in [0, 0.1) is 5.92 Å². The van der Waals surface area contributed by atoms with Crippen LogP contribution in [0.2, 0.25) is 5.02 Å². The molecule has 0 fully saturated rings. The Morgan fingerprint density at radius 3 is 2.74 bits per heavy atom. The van der Waals surface area contributed by atoms with E-state index in [2.05, 4.69) is 15.6 Å². The van der Waals surface area contributed by atoms with Gasteiger partial charge in [-0.25, -0.2) is 9.79 Å². The minimum Gasteiger partial charge on any atom is -0.352 e. The molecule has 1 heterocycles. The van der Waals surface area contributed by atoms with Crippen LogP contribution in [-0.2, 0) is 4.79 Å². The van der Waals surface area contributed by atoms with E-state index in [1.807, 2.05) is 48.6 Å². The molecule has 2 unspecified atom stereocenters. The van der Waals surface area contributed by atoms with E-state index in [0.29, 0.717) is 17.3 Å². The number of carbonyl (C=O) groups excluding carboxylic acids is 2. The number of benzene rings is 2. The van der Waals surface area contributed by atoms with Gasteiger partial charge in [-0.1, -0.05) is 66.2 Å². The third-order valence-electron chi connectivity index (χ3n) is 4.33. The van der Waals surface area contributed by atoms with Crippen LogP contribution < -0.4 is 10.6 Å². The van der Waals surface area contributed by atoms with Crippen LogP contribution in [0.25, 0.3) is 6.08 Å². The van der Waals surface area contributed by atoms with Crippen molar-refractivity contribution < 1.29 is 9.59 Å². The van der Waals surface area contributed by atoms with Crippen LogP contribution in [0.1, 0.15) is 24.1 Å². The molecule has 27 heavy (non-hydrogen) atoms. The van der Waals surface area contributed by atoms with Gasteiger partial charge in [0.25, 0.3) is 0 Å². The molecular weight excluding hydrogens is 362 g/mol. The second kappa shape index (κ2) is 8.64. The van der Waals surface area contributed by atoms with Gasteiger partial charge in [-0.2, -0.15) is 0 Å². The van der Waals surface area contributed by atoms with Gasteiger partial charge in [-0.3, -0.25) is 4.79 Å². The summed E-state index contributed by atoms with van der Waals surface area (Å²) in [7, 11) is 0. The smallest absolute Gasteiger partial charge is 0.341 e. The lowest BCUT2D eigenvalue weighted by Crippen LogP contribution is -2.47. The Labute approximate surface area is 163 Å². The Hall–Kier alpha value is -2.92. The summed E-state index contributed by atoms with van der Waals surface area (Å²) in [4.78, 5) is 28.6. The zero-order chi connectivity index (χ0) is 19.2. The lowest BCUT2D eigenvalue weighted by atomic mass is 9.87. The number of hydrogen-bond acceptors (Lipinski definition) is 2. The molecule has 0 radical (unpaired) electrons. The molecule has 1 aliphatic rings. The topological polar surface area (TPSA) is 70.6 Å². The first-order valence-corrected chi connectivity index (χ1v) is 9.03. The zero-order valence-electron chi connectivity index (χ0n) is 14.9. The van der Waals surface area contributed by atoms with E-state index in [1.54, 1.807) is 25.1 Å². The van der Waals surface area contributed by atoms with Gasteiger partial charge in [0.15, 0.2) is 0 Å². The van der Waals surface area contributed by atoms with E-state index in [1.165, 1.54) is 0 Å². The highest BCUT2D eigenvalue weighted by molar-refractivity contribution is 6.30. The summed E-state index contributed by atoms with van der Waals surface area (Å²) in [5, 5.41) is 6.21. The van der Waals surface area contributed by atoms with Crippen molar-refractivity contribution in [2.75, 3.05) is 6.54 Å². The normalized spacial score (nSPS) is 19.5. The molecule has 2 N–H and O–H groups in total. The highest BCUT2D eigenvalue weighted by atomic mass is 35.5. The molecule has 2 aromatic carbocycles. The number of nitrogens with one attached hydrogen (secondary N) is 2. The highest BCUT2D eigenvalue weighted by Gasteiger charge is 2.36. The van der Waals surface area contributed by atoms with Crippen molar-refractivity contribution in [2.45, 2.75) is 13.0 Å². The largest absolute Gasteiger partial charge is 0.352 e. The summed E-state index contributed by atoms with van der Waals surface area (Å²) in [5.41, 5.74) is 2.31. The van der Waals surface area contributed by atoms with Crippen molar-refractivity contribution >= 4 is 35.3 Å². The van der Waals surface area contributed by atoms with Crippen LogP contribution in [0.3, 0.4) is 0 Å². The fourth-order valence-electron chi connectivity index (χ4n) is 3.07. The number of rotatable bonds is 5. The third-order valence-corrected chi connectivity index (χ3v) is 4.57. The van der Waals surface area contributed by atoms with Gasteiger partial charge >= 0.3 is 6.03 Å². The number of amides is 3. The summed E-state index contributed by atoms with van der Waals surface area (Å²) in [6.45, 7) is 2.08. The Bertz CT molecular complexity index is 893. The van der Waals surface area contributed by atoms with Crippen molar-refractivity contribution in [3.05, 3.63) is 76.8 Å². The van der Waals surface area contributed by atoms with Crippen molar-refractivity contribution in [3.63, 3.8) is 0 Å². The van der Waals surface area contributed by atoms with E-state index in [9.17, 15) is 9.59 Å². The summed E-state index contributed by atoms with van der Waals surface area (Å²) >= 11 is 6.07. The first-order chi connectivity index (χ1) is 13.0. The lowest BCUT2D eigenvalue weighted by Gasteiger charge is -2.30. The second-order valence-corrected chi connectivity index (χ2v) is 6.71. The summed E-state index contributed by atoms with van der Waals surface area (Å²) in [6, 6.07) is 16.0. The van der Waals surface area contributed by atoms with Crippen LogP contribution in [-0.4, -0.2) is 24.2 Å². The number of aliphatic imine (C=N–C) groups is 1. The molecule has 3 rings (SSSR count). The maximum absolute atomic E-state index is 12.8. The molecule has 2 aromatic rings. The van der Waals surface area contributed by atoms with Crippen molar-refractivity contribution in [1.29, 1.82) is 0 Å². The van der Waals surface area contributed by atoms with Gasteiger partial charge in [-0.15, -0.1) is 0 Å². The number of hydrogen-bond donors (Lipinski definition) is 2. The molecule has 0 saturated heterocycles.